The summed E-state index contributed by atoms with van der Waals surface area (Å²) in [6.45, 7) is 3.06. The van der Waals surface area contributed by atoms with E-state index < -0.39 is 0 Å². The first kappa shape index (κ1) is 23.3. The Morgan fingerprint density at radius 2 is 1.75 bits per heavy atom. The van der Waals surface area contributed by atoms with Crippen molar-refractivity contribution in [2.45, 2.75) is 31.7 Å². The van der Waals surface area contributed by atoms with Crippen molar-refractivity contribution in [3.05, 3.63) is 54.1 Å². The molecule has 2 aromatic rings. The van der Waals surface area contributed by atoms with Gasteiger partial charge in [0.15, 0.2) is 0 Å². The molecule has 2 saturated heterocycles. The molecule has 0 aliphatic carbocycles. The van der Waals surface area contributed by atoms with Crippen LogP contribution < -0.4 is 5.73 Å². The monoisotopic (exact) mass is 436 g/mol. The number of nitrogen functional groups attached to an aromatic ring is 1. The molecule has 1 amide bonds. The fourth-order valence-corrected chi connectivity index (χ4v) is 4.05. The highest BCUT2D eigenvalue weighted by Gasteiger charge is 2.19. The van der Waals surface area contributed by atoms with Crippen molar-refractivity contribution >= 4 is 17.8 Å². The average Bonchev–Trinajstić information content (AvgIpc) is 3.45. The minimum Gasteiger partial charge on any atom is -0.508 e. The van der Waals surface area contributed by atoms with Crippen LogP contribution in [0.25, 0.3) is 11.1 Å². The van der Waals surface area contributed by atoms with E-state index in [9.17, 15) is 15.0 Å². The SMILES string of the molecule is CN1CCCC1/C=C/C(=O)N1CCCC1.N=Cc1c(N)cc(-c2ccc(O)cc2)cc1O. The van der Waals surface area contributed by atoms with Crippen molar-refractivity contribution in [1.82, 2.24) is 9.80 Å². The van der Waals surface area contributed by atoms with Crippen LogP contribution in [0.5, 0.6) is 11.5 Å². The summed E-state index contributed by atoms with van der Waals surface area (Å²) < 4.78 is 0. The van der Waals surface area contributed by atoms with Gasteiger partial charge in [0.25, 0.3) is 0 Å². The standard InChI is InChI=1S/C13H12N2O2.C12H20N2O/c14-7-11-12(15)5-9(6-13(11)17)8-1-3-10(16)4-2-8;1-13-8-4-5-11(13)6-7-12(15)14-9-2-3-10-14/h1-7,14,16-17H,15H2;6-7,11H,2-5,8-10H2,1H3/b;7-6+. The van der Waals surface area contributed by atoms with Crippen LogP contribution in [0.2, 0.25) is 0 Å². The third-order valence-corrected chi connectivity index (χ3v) is 5.99. The molecule has 2 aliphatic heterocycles. The molecule has 7 heteroatoms. The smallest absolute Gasteiger partial charge is 0.246 e. The van der Waals surface area contributed by atoms with Gasteiger partial charge in [-0.15, -0.1) is 0 Å². The summed E-state index contributed by atoms with van der Waals surface area (Å²) in [4.78, 5) is 16.0. The molecule has 0 aromatic heterocycles. The number of nitrogens with one attached hydrogen (secondary N) is 1. The van der Waals surface area contributed by atoms with Crippen LogP contribution in [0, 0.1) is 5.41 Å². The molecule has 0 saturated carbocycles. The summed E-state index contributed by atoms with van der Waals surface area (Å²) in [5.74, 6) is 0.359. The van der Waals surface area contributed by atoms with Crippen LogP contribution in [-0.4, -0.2) is 64.9 Å². The van der Waals surface area contributed by atoms with Gasteiger partial charge < -0.3 is 26.3 Å². The van der Waals surface area contributed by atoms with Gasteiger partial charge in [0.05, 0.1) is 5.56 Å². The van der Waals surface area contributed by atoms with Crippen molar-refractivity contribution in [1.29, 1.82) is 5.41 Å². The molecule has 0 spiro atoms. The fourth-order valence-electron chi connectivity index (χ4n) is 4.05. The second-order valence-electron chi connectivity index (χ2n) is 8.27. The van der Waals surface area contributed by atoms with Crippen molar-refractivity contribution < 1.29 is 15.0 Å². The minimum atomic E-state index is -0.0249. The molecular formula is C25H32N4O3. The predicted octanol–water partition coefficient (Wildman–Crippen LogP) is 3.60. The largest absolute Gasteiger partial charge is 0.508 e. The van der Waals surface area contributed by atoms with Gasteiger partial charge in [-0.1, -0.05) is 18.2 Å². The number of benzene rings is 2. The Morgan fingerprint density at radius 1 is 1.06 bits per heavy atom. The molecule has 1 atom stereocenters. The zero-order chi connectivity index (χ0) is 23.1. The van der Waals surface area contributed by atoms with E-state index >= 15 is 0 Å². The normalized spacial score (nSPS) is 18.5. The Morgan fingerprint density at radius 3 is 2.31 bits per heavy atom. The van der Waals surface area contributed by atoms with Gasteiger partial charge in [0, 0.05) is 37.1 Å². The number of carbonyl (C=O) groups is 1. The molecule has 5 N–H and O–H groups in total. The number of likely N-dealkylation sites (tertiary alicyclic amines) is 2. The van der Waals surface area contributed by atoms with E-state index in [-0.39, 0.29) is 17.4 Å². The number of carbonyl (C=O) groups excluding carboxylic acids is 1. The molecule has 2 aromatic carbocycles. The summed E-state index contributed by atoms with van der Waals surface area (Å²) in [5, 5.41) is 26.0. The van der Waals surface area contributed by atoms with E-state index in [1.165, 1.54) is 25.7 Å². The van der Waals surface area contributed by atoms with Crippen LogP contribution in [-0.2, 0) is 4.79 Å². The average molecular weight is 437 g/mol. The third kappa shape index (κ3) is 5.88. The number of nitrogens with two attached hydrogens (primary N) is 1. The third-order valence-electron chi connectivity index (χ3n) is 5.99. The van der Waals surface area contributed by atoms with Gasteiger partial charge in [-0.3, -0.25) is 9.69 Å². The van der Waals surface area contributed by atoms with Crippen molar-refractivity contribution in [2.24, 2.45) is 0 Å². The minimum absolute atomic E-state index is 0.0249. The van der Waals surface area contributed by atoms with Gasteiger partial charge in [-0.2, -0.15) is 0 Å². The lowest BCUT2D eigenvalue weighted by Gasteiger charge is -2.16. The van der Waals surface area contributed by atoms with E-state index in [0.717, 1.165) is 37.0 Å². The number of likely N-dealkylation sites (N-methyl/N-ethyl adjacent to an activating group) is 1. The maximum Gasteiger partial charge on any atom is 0.246 e. The molecule has 0 bridgehead atoms. The Kier molecular flexibility index (Phi) is 7.89. The number of nitrogens with zero attached hydrogens (tertiary/aromatic N) is 2. The maximum absolute atomic E-state index is 11.7. The lowest BCUT2D eigenvalue weighted by molar-refractivity contribution is -0.125. The van der Waals surface area contributed by atoms with Crippen LogP contribution in [0.3, 0.4) is 0 Å². The number of rotatable bonds is 4. The molecule has 2 heterocycles. The van der Waals surface area contributed by atoms with Crippen molar-refractivity contribution in [3.8, 4) is 22.6 Å². The highest BCUT2D eigenvalue weighted by Crippen LogP contribution is 2.31. The fraction of sp³-hybridized carbons (Fsp3) is 0.360. The Hall–Kier alpha value is -3.32. The van der Waals surface area contributed by atoms with E-state index in [2.05, 4.69) is 18.0 Å². The molecule has 2 aliphatic rings. The topological polar surface area (TPSA) is 114 Å². The number of phenolic OH excluding ortho intramolecular Hbond substituents is 2. The molecule has 32 heavy (non-hydrogen) atoms. The zero-order valence-electron chi connectivity index (χ0n) is 18.5. The number of hydrogen-bond acceptors (Lipinski definition) is 6. The van der Waals surface area contributed by atoms with Gasteiger partial charge in [0.1, 0.15) is 11.5 Å². The first-order valence-corrected chi connectivity index (χ1v) is 11.0. The summed E-state index contributed by atoms with van der Waals surface area (Å²) >= 11 is 0. The number of anilines is 1. The summed E-state index contributed by atoms with van der Waals surface area (Å²) in [6.07, 6.45) is 9.66. The number of hydrogen-bond donors (Lipinski definition) is 4. The van der Waals surface area contributed by atoms with E-state index in [0.29, 0.717) is 17.3 Å². The Labute approximate surface area is 189 Å². The van der Waals surface area contributed by atoms with Gasteiger partial charge in [-0.25, -0.2) is 0 Å². The van der Waals surface area contributed by atoms with Gasteiger partial charge in [-0.05, 0) is 74.7 Å². The number of phenols is 2. The molecular weight excluding hydrogens is 404 g/mol. The van der Waals surface area contributed by atoms with Crippen molar-refractivity contribution in [3.63, 3.8) is 0 Å². The van der Waals surface area contributed by atoms with Gasteiger partial charge in [0.2, 0.25) is 5.91 Å². The molecule has 7 nitrogen and oxygen atoms in total. The Balaban J connectivity index is 0.000000182. The molecule has 1 unspecified atom stereocenters. The van der Waals surface area contributed by atoms with E-state index in [1.807, 2.05) is 4.90 Å². The van der Waals surface area contributed by atoms with Crippen LogP contribution in [0.1, 0.15) is 31.2 Å². The number of aromatic hydroxyl groups is 2. The second-order valence-corrected chi connectivity index (χ2v) is 8.27. The number of amides is 1. The highest BCUT2D eigenvalue weighted by molar-refractivity contribution is 5.91. The lowest BCUT2D eigenvalue weighted by Crippen LogP contribution is -2.27. The zero-order valence-corrected chi connectivity index (χ0v) is 18.5. The second kappa shape index (κ2) is 10.8. The quantitative estimate of drug-likeness (QED) is 0.332. The summed E-state index contributed by atoms with van der Waals surface area (Å²) in [7, 11) is 2.13. The summed E-state index contributed by atoms with van der Waals surface area (Å²) in [6, 6.07) is 10.3. The van der Waals surface area contributed by atoms with Gasteiger partial charge >= 0.3 is 0 Å². The molecule has 2 fully saturated rings. The Bertz CT molecular complexity index is 943. The highest BCUT2D eigenvalue weighted by atomic mass is 16.3. The summed E-state index contributed by atoms with van der Waals surface area (Å²) in [5.41, 5.74) is 7.98. The van der Waals surface area contributed by atoms with E-state index in [4.69, 9.17) is 11.1 Å². The molecule has 170 valence electrons. The first-order chi connectivity index (χ1) is 15.4. The van der Waals surface area contributed by atoms with Crippen LogP contribution in [0.15, 0.2) is 48.6 Å². The lowest BCUT2D eigenvalue weighted by atomic mass is 10.0. The molecule has 0 radical (unpaired) electrons. The van der Waals surface area contributed by atoms with Crippen LogP contribution >= 0.6 is 0 Å². The first-order valence-electron chi connectivity index (χ1n) is 11.0. The van der Waals surface area contributed by atoms with Crippen molar-refractivity contribution in [2.75, 3.05) is 32.4 Å². The predicted molar refractivity (Wildman–Crippen MR) is 128 cm³/mol. The van der Waals surface area contributed by atoms with Crippen LogP contribution in [0.4, 0.5) is 5.69 Å². The maximum atomic E-state index is 11.7. The molecule has 4 rings (SSSR count). The van der Waals surface area contributed by atoms with E-state index in [1.54, 1.807) is 42.5 Å².